The molecule has 0 heterocycles. The Labute approximate surface area is 71.2 Å². The van der Waals surface area contributed by atoms with Crippen molar-refractivity contribution in [3.63, 3.8) is 0 Å². The maximum Gasteiger partial charge on any atom is 0.144 e. The molecule has 1 aromatic carbocycles. The summed E-state index contributed by atoms with van der Waals surface area (Å²) < 4.78 is 4.74. The van der Waals surface area contributed by atoms with Gasteiger partial charge in [0.2, 0.25) is 0 Å². The highest BCUT2D eigenvalue weighted by molar-refractivity contribution is 5.35. The normalized spacial score (nSPS) is 10.2. The number of aliphatic hydroxyl groups excluding tert-OH is 1. The van der Waals surface area contributed by atoms with Crippen LogP contribution in [0, 0.1) is 6.92 Å². The summed E-state index contributed by atoms with van der Waals surface area (Å²) in [5.41, 5.74) is 1.69. The van der Waals surface area contributed by atoms with E-state index in [1.807, 2.05) is 13.0 Å². The smallest absolute Gasteiger partial charge is 0.144 e. The molecule has 66 valence electrons. The van der Waals surface area contributed by atoms with E-state index < -0.39 is 0 Å². The Morgan fingerprint density at radius 1 is 1.42 bits per heavy atom. The quantitative estimate of drug-likeness (QED) is 0.666. The molecule has 0 unspecified atom stereocenters. The number of rotatable bonds is 3. The second-order valence-electron chi connectivity index (χ2n) is 2.61. The molecule has 1 rings (SSSR count). The van der Waals surface area contributed by atoms with E-state index >= 15 is 0 Å². The molecule has 0 amide bonds. The molecule has 0 aromatic heterocycles. The fourth-order valence-electron chi connectivity index (χ4n) is 0.952. The van der Waals surface area contributed by atoms with Gasteiger partial charge in [0.05, 0.1) is 6.61 Å². The van der Waals surface area contributed by atoms with Gasteiger partial charge in [0.25, 0.3) is 0 Å². The van der Waals surface area contributed by atoms with E-state index in [9.17, 15) is 5.11 Å². The van der Waals surface area contributed by atoms with Crippen LogP contribution in [0.3, 0.4) is 0 Å². The first-order valence-corrected chi connectivity index (χ1v) is 3.71. The molecule has 0 atom stereocenters. The molecule has 0 saturated heterocycles. The molecule has 0 aliphatic carbocycles. The van der Waals surface area contributed by atoms with Crippen LogP contribution in [-0.2, 0) is 11.3 Å². The summed E-state index contributed by atoms with van der Waals surface area (Å²) in [5.74, 6) is 0.212. The number of aliphatic hydroxyl groups is 1. The van der Waals surface area contributed by atoms with Crippen molar-refractivity contribution >= 4 is 0 Å². The Hall–Kier alpha value is -1.06. The SMILES string of the molecule is Cc1ccc(COCO)c(O)c1. The third-order valence-corrected chi connectivity index (χ3v) is 1.59. The first-order chi connectivity index (χ1) is 5.74. The lowest BCUT2D eigenvalue weighted by molar-refractivity contribution is -0.0118. The monoisotopic (exact) mass is 168 g/mol. The number of aryl methyl sites for hydroxylation is 1. The number of hydrogen-bond donors (Lipinski definition) is 2. The van der Waals surface area contributed by atoms with Crippen LogP contribution < -0.4 is 0 Å². The van der Waals surface area contributed by atoms with E-state index in [2.05, 4.69) is 0 Å². The first-order valence-electron chi connectivity index (χ1n) is 3.71. The molecule has 3 heteroatoms. The molecule has 12 heavy (non-hydrogen) atoms. The molecule has 0 aliphatic heterocycles. The van der Waals surface area contributed by atoms with Crippen molar-refractivity contribution in [2.45, 2.75) is 13.5 Å². The van der Waals surface area contributed by atoms with Crippen molar-refractivity contribution in [2.75, 3.05) is 6.79 Å². The minimum Gasteiger partial charge on any atom is -0.508 e. The molecule has 0 saturated carbocycles. The average molecular weight is 168 g/mol. The van der Waals surface area contributed by atoms with Gasteiger partial charge >= 0.3 is 0 Å². The minimum absolute atomic E-state index is 0.212. The predicted molar refractivity (Wildman–Crippen MR) is 44.7 cm³/mol. The molecule has 0 aliphatic rings. The highest BCUT2D eigenvalue weighted by Gasteiger charge is 1.99. The predicted octanol–water partition coefficient (Wildman–Crippen LogP) is 1.17. The molecule has 3 nitrogen and oxygen atoms in total. The molecule has 0 bridgehead atoms. The average Bonchev–Trinajstić information content (AvgIpc) is 2.03. The first kappa shape index (κ1) is 9.03. The van der Waals surface area contributed by atoms with E-state index in [1.54, 1.807) is 12.1 Å². The Morgan fingerprint density at radius 3 is 2.75 bits per heavy atom. The lowest BCUT2D eigenvalue weighted by Gasteiger charge is -2.04. The van der Waals surface area contributed by atoms with Crippen molar-refractivity contribution in [1.82, 2.24) is 0 Å². The topological polar surface area (TPSA) is 49.7 Å². The summed E-state index contributed by atoms with van der Waals surface area (Å²) in [5, 5.41) is 17.7. The molecule has 1 aromatic rings. The number of hydrogen-bond acceptors (Lipinski definition) is 3. The number of phenols is 1. The second kappa shape index (κ2) is 4.09. The van der Waals surface area contributed by atoms with Gasteiger partial charge in [-0.1, -0.05) is 12.1 Å². The number of ether oxygens (including phenoxy) is 1. The van der Waals surface area contributed by atoms with Crippen molar-refractivity contribution in [2.24, 2.45) is 0 Å². The van der Waals surface area contributed by atoms with Crippen LogP contribution >= 0.6 is 0 Å². The molecule has 0 radical (unpaired) electrons. The lowest BCUT2D eigenvalue weighted by atomic mass is 10.1. The van der Waals surface area contributed by atoms with Gasteiger partial charge in [0.15, 0.2) is 0 Å². The van der Waals surface area contributed by atoms with Crippen LogP contribution in [0.15, 0.2) is 18.2 Å². The summed E-state index contributed by atoms with van der Waals surface area (Å²) in [6, 6.07) is 5.33. The van der Waals surface area contributed by atoms with E-state index in [-0.39, 0.29) is 19.1 Å². The fraction of sp³-hybridized carbons (Fsp3) is 0.333. The number of aromatic hydroxyl groups is 1. The third-order valence-electron chi connectivity index (χ3n) is 1.59. The van der Waals surface area contributed by atoms with Crippen molar-refractivity contribution in [3.05, 3.63) is 29.3 Å². The van der Waals surface area contributed by atoms with Gasteiger partial charge in [-0.25, -0.2) is 0 Å². The van der Waals surface area contributed by atoms with Crippen molar-refractivity contribution < 1.29 is 14.9 Å². The van der Waals surface area contributed by atoms with E-state index in [0.717, 1.165) is 5.56 Å². The Kier molecular flexibility index (Phi) is 3.08. The van der Waals surface area contributed by atoms with Crippen LogP contribution in [0.1, 0.15) is 11.1 Å². The summed E-state index contributed by atoms with van der Waals surface area (Å²) in [7, 11) is 0. The van der Waals surface area contributed by atoms with Gasteiger partial charge in [0.1, 0.15) is 12.5 Å². The van der Waals surface area contributed by atoms with Gasteiger partial charge in [-0.15, -0.1) is 0 Å². The maximum atomic E-state index is 9.36. The van der Waals surface area contributed by atoms with Crippen LogP contribution in [0.5, 0.6) is 5.75 Å². The van der Waals surface area contributed by atoms with Gasteiger partial charge in [-0.2, -0.15) is 0 Å². The zero-order valence-corrected chi connectivity index (χ0v) is 6.95. The van der Waals surface area contributed by atoms with E-state index in [1.165, 1.54) is 0 Å². The molecular weight excluding hydrogens is 156 g/mol. The van der Waals surface area contributed by atoms with Gasteiger partial charge in [-0.3, -0.25) is 0 Å². The van der Waals surface area contributed by atoms with Crippen LogP contribution in [0.25, 0.3) is 0 Å². The zero-order valence-electron chi connectivity index (χ0n) is 6.95. The Morgan fingerprint density at radius 2 is 2.17 bits per heavy atom. The van der Waals surface area contributed by atoms with Gasteiger partial charge in [-0.05, 0) is 18.6 Å². The molecule has 2 N–H and O–H groups in total. The van der Waals surface area contributed by atoms with Crippen molar-refractivity contribution in [1.29, 1.82) is 0 Å². The van der Waals surface area contributed by atoms with E-state index in [4.69, 9.17) is 9.84 Å². The summed E-state index contributed by atoms with van der Waals surface area (Å²) in [4.78, 5) is 0. The summed E-state index contributed by atoms with van der Waals surface area (Å²) in [6.07, 6.45) is 0. The summed E-state index contributed by atoms with van der Waals surface area (Å²) >= 11 is 0. The molecular formula is C9H12O3. The Balaban J connectivity index is 2.72. The largest absolute Gasteiger partial charge is 0.508 e. The van der Waals surface area contributed by atoms with Gasteiger partial charge < -0.3 is 14.9 Å². The van der Waals surface area contributed by atoms with Crippen molar-refractivity contribution in [3.8, 4) is 5.75 Å². The second-order valence-corrected chi connectivity index (χ2v) is 2.61. The van der Waals surface area contributed by atoms with Crippen LogP contribution in [0.4, 0.5) is 0 Å². The maximum absolute atomic E-state index is 9.36. The highest BCUT2D eigenvalue weighted by Crippen LogP contribution is 2.18. The van der Waals surface area contributed by atoms with Crippen LogP contribution in [0.2, 0.25) is 0 Å². The van der Waals surface area contributed by atoms with Crippen LogP contribution in [-0.4, -0.2) is 17.0 Å². The number of benzene rings is 1. The highest BCUT2D eigenvalue weighted by atomic mass is 16.6. The standard InChI is InChI=1S/C9H12O3/c1-7-2-3-8(5-12-6-10)9(11)4-7/h2-4,10-11H,5-6H2,1H3. The Bertz CT molecular complexity index is 258. The fourth-order valence-corrected chi connectivity index (χ4v) is 0.952. The van der Waals surface area contributed by atoms with E-state index in [0.29, 0.717) is 5.56 Å². The lowest BCUT2D eigenvalue weighted by Crippen LogP contribution is -1.94. The third kappa shape index (κ3) is 2.22. The van der Waals surface area contributed by atoms with Gasteiger partial charge in [0, 0.05) is 5.56 Å². The zero-order chi connectivity index (χ0) is 8.97. The minimum atomic E-state index is -0.326. The number of phenolic OH excluding ortho intramolecular Hbond substituents is 1. The molecule has 0 fully saturated rings. The molecule has 0 spiro atoms. The summed E-state index contributed by atoms with van der Waals surface area (Å²) in [6.45, 7) is 1.81.